The van der Waals surface area contributed by atoms with Gasteiger partial charge in [-0.2, -0.15) is 0 Å². The van der Waals surface area contributed by atoms with Crippen LogP contribution in [0, 0.1) is 5.82 Å². The Balaban J connectivity index is 2.27. The van der Waals surface area contributed by atoms with Crippen molar-refractivity contribution in [1.29, 1.82) is 0 Å². The van der Waals surface area contributed by atoms with Crippen LogP contribution in [0.25, 0.3) is 0 Å². The van der Waals surface area contributed by atoms with Crippen molar-refractivity contribution < 1.29 is 4.39 Å². The first kappa shape index (κ1) is 10.8. The molecule has 16 heavy (non-hydrogen) atoms. The van der Waals surface area contributed by atoms with Gasteiger partial charge in [-0.05, 0) is 25.5 Å². The Labute approximate surface area is 93.9 Å². The molecule has 2 aromatic rings. The molecule has 0 spiro atoms. The Bertz CT molecular complexity index is 477. The summed E-state index contributed by atoms with van der Waals surface area (Å²) in [5.74, 6) is 0.598. The lowest BCUT2D eigenvalue weighted by Gasteiger charge is -2.10. The van der Waals surface area contributed by atoms with Gasteiger partial charge in [0.05, 0.1) is 0 Å². The number of halogens is 1. The van der Waals surface area contributed by atoms with E-state index in [1.807, 2.05) is 24.5 Å². The van der Waals surface area contributed by atoms with Crippen molar-refractivity contribution in [3.05, 3.63) is 47.8 Å². The summed E-state index contributed by atoms with van der Waals surface area (Å²) in [5.41, 5.74) is 0.650. The zero-order valence-electron chi connectivity index (χ0n) is 9.39. The van der Waals surface area contributed by atoms with Gasteiger partial charge in [0.15, 0.2) is 0 Å². The van der Waals surface area contributed by atoms with E-state index in [2.05, 4.69) is 10.2 Å². The Kier molecular flexibility index (Phi) is 2.99. The smallest absolute Gasteiger partial charge is 0.137 e. The molecule has 0 aliphatic heterocycles. The molecule has 4 heteroatoms. The summed E-state index contributed by atoms with van der Waals surface area (Å²) >= 11 is 0. The van der Waals surface area contributed by atoms with Crippen LogP contribution < -0.4 is 0 Å². The lowest BCUT2D eigenvalue weighted by Crippen LogP contribution is -2.06. The number of aromatic nitrogens is 3. The van der Waals surface area contributed by atoms with E-state index in [1.165, 1.54) is 6.07 Å². The van der Waals surface area contributed by atoms with Gasteiger partial charge < -0.3 is 4.57 Å². The molecule has 0 fully saturated rings. The quantitative estimate of drug-likeness (QED) is 0.794. The SMILES string of the molecule is CC(C)n1cnnc1Cc1ccccc1F. The van der Waals surface area contributed by atoms with Crippen molar-refractivity contribution in [3.63, 3.8) is 0 Å². The number of hydrogen-bond donors (Lipinski definition) is 0. The van der Waals surface area contributed by atoms with Crippen LogP contribution in [-0.2, 0) is 6.42 Å². The predicted octanol–water partition coefficient (Wildman–Crippen LogP) is 2.59. The zero-order chi connectivity index (χ0) is 11.5. The number of rotatable bonds is 3. The third kappa shape index (κ3) is 2.10. The van der Waals surface area contributed by atoms with E-state index in [0.717, 1.165) is 5.82 Å². The first-order valence-corrected chi connectivity index (χ1v) is 5.30. The normalized spacial score (nSPS) is 11.0. The van der Waals surface area contributed by atoms with E-state index < -0.39 is 0 Å². The fourth-order valence-corrected chi connectivity index (χ4v) is 1.64. The predicted molar refractivity (Wildman–Crippen MR) is 59.6 cm³/mol. The Hall–Kier alpha value is -1.71. The van der Waals surface area contributed by atoms with Gasteiger partial charge >= 0.3 is 0 Å². The molecule has 1 aromatic heterocycles. The first-order chi connectivity index (χ1) is 7.68. The Morgan fingerprint density at radius 2 is 2.06 bits per heavy atom. The van der Waals surface area contributed by atoms with E-state index in [4.69, 9.17) is 0 Å². The maximum atomic E-state index is 13.5. The molecule has 84 valence electrons. The molecule has 0 aliphatic carbocycles. The molecule has 2 rings (SSSR count). The molecule has 0 atom stereocenters. The highest BCUT2D eigenvalue weighted by molar-refractivity contribution is 5.21. The van der Waals surface area contributed by atoms with Crippen molar-refractivity contribution >= 4 is 0 Å². The van der Waals surface area contributed by atoms with Crippen LogP contribution in [0.5, 0.6) is 0 Å². The van der Waals surface area contributed by atoms with Gasteiger partial charge in [0.2, 0.25) is 0 Å². The minimum atomic E-state index is -0.194. The fourth-order valence-electron chi connectivity index (χ4n) is 1.64. The lowest BCUT2D eigenvalue weighted by atomic mass is 10.1. The highest BCUT2D eigenvalue weighted by Gasteiger charge is 2.10. The average Bonchev–Trinajstić information content (AvgIpc) is 2.69. The largest absolute Gasteiger partial charge is 0.315 e. The summed E-state index contributed by atoms with van der Waals surface area (Å²) < 4.78 is 15.4. The van der Waals surface area contributed by atoms with Gasteiger partial charge in [0, 0.05) is 12.5 Å². The topological polar surface area (TPSA) is 30.7 Å². The van der Waals surface area contributed by atoms with Gasteiger partial charge in [-0.1, -0.05) is 18.2 Å². The monoisotopic (exact) mass is 219 g/mol. The minimum absolute atomic E-state index is 0.194. The molecule has 3 nitrogen and oxygen atoms in total. The molecular weight excluding hydrogens is 205 g/mol. The summed E-state index contributed by atoms with van der Waals surface area (Å²) in [6, 6.07) is 7.04. The van der Waals surface area contributed by atoms with E-state index >= 15 is 0 Å². The number of nitrogens with zero attached hydrogens (tertiary/aromatic N) is 3. The van der Waals surface area contributed by atoms with Gasteiger partial charge in [0.1, 0.15) is 18.0 Å². The standard InChI is InChI=1S/C12H14FN3/c1-9(2)16-8-14-15-12(16)7-10-5-3-4-6-11(10)13/h3-6,8-9H,7H2,1-2H3. The van der Waals surface area contributed by atoms with Crippen molar-refractivity contribution in [2.45, 2.75) is 26.3 Å². The third-order valence-corrected chi connectivity index (χ3v) is 2.51. The van der Waals surface area contributed by atoms with E-state index in [9.17, 15) is 4.39 Å². The van der Waals surface area contributed by atoms with E-state index in [0.29, 0.717) is 12.0 Å². The van der Waals surface area contributed by atoms with Crippen LogP contribution in [0.4, 0.5) is 4.39 Å². The summed E-state index contributed by atoms with van der Waals surface area (Å²) in [6.07, 6.45) is 2.16. The maximum Gasteiger partial charge on any atom is 0.137 e. The van der Waals surface area contributed by atoms with Gasteiger partial charge in [-0.3, -0.25) is 0 Å². The van der Waals surface area contributed by atoms with Crippen molar-refractivity contribution in [3.8, 4) is 0 Å². The summed E-state index contributed by atoms with van der Waals surface area (Å²) in [4.78, 5) is 0. The molecule has 0 N–H and O–H groups in total. The molecule has 0 aliphatic rings. The Morgan fingerprint density at radius 1 is 1.31 bits per heavy atom. The molecule has 0 bridgehead atoms. The second kappa shape index (κ2) is 4.43. The summed E-state index contributed by atoms with van der Waals surface area (Å²) in [7, 11) is 0. The number of benzene rings is 1. The van der Waals surface area contributed by atoms with Crippen LogP contribution in [0.3, 0.4) is 0 Å². The van der Waals surface area contributed by atoms with Crippen molar-refractivity contribution in [2.24, 2.45) is 0 Å². The molecule has 0 saturated carbocycles. The third-order valence-electron chi connectivity index (χ3n) is 2.51. The zero-order valence-corrected chi connectivity index (χ0v) is 9.39. The van der Waals surface area contributed by atoms with Crippen molar-refractivity contribution in [1.82, 2.24) is 14.8 Å². The molecule has 1 aromatic carbocycles. The molecular formula is C12H14FN3. The van der Waals surface area contributed by atoms with Gasteiger partial charge in [0.25, 0.3) is 0 Å². The highest BCUT2D eigenvalue weighted by atomic mass is 19.1. The number of hydrogen-bond acceptors (Lipinski definition) is 2. The van der Waals surface area contributed by atoms with Gasteiger partial charge in [-0.15, -0.1) is 10.2 Å². The minimum Gasteiger partial charge on any atom is -0.315 e. The molecule has 0 radical (unpaired) electrons. The van der Waals surface area contributed by atoms with Gasteiger partial charge in [-0.25, -0.2) is 4.39 Å². The molecule has 0 unspecified atom stereocenters. The maximum absolute atomic E-state index is 13.5. The van der Waals surface area contributed by atoms with Crippen LogP contribution >= 0.6 is 0 Å². The summed E-state index contributed by atoms with van der Waals surface area (Å²) in [5, 5.41) is 7.88. The van der Waals surface area contributed by atoms with E-state index in [1.54, 1.807) is 18.5 Å². The van der Waals surface area contributed by atoms with Crippen molar-refractivity contribution in [2.75, 3.05) is 0 Å². The molecule has 1 heterocycles. The fraction of sp³-hybridized carbons (Fsp3) is 0.333. The van der Waals surface area contributed by atoms with E-state index in [-0.39, 0.29) is 11.9 Å². The Morgan fingerprint density at radius 3 is 2.75 bits per heavy atom. The molecule has 0 saturated heterocycles. The second-order valence-corrected chi connectivity index (χ2v) is 4.02. The van der Waals surface area contributed by atoms with Crippen LogP contribution in [-0.4, -0.2) is 14.8 Å². The average molecular weight is 219 g/mol. The molecule has 0 amide bonds. The summed E-state index contributed by atoms with van der Waals surface area (Å²) in [6.45, 7) is 4.10. The van der Waals surface area contributed by atoms with Crippen LogP contribution in [0.1, 0.15) is 31.3 Å². The first-order valence-electron chi connectivity index (χ1n) is 5.30. The highest BCUT2D eigenvalue weighted by Crippen LogP contribution is 2.14. The second-order valence-electron chi connectivity index (χ2n) is 4.02. The van der Waals surface area contributed by atoms with Crippen LogP contribution in [0.15, 0.2) is 30.6 Å². The lowest BCUT2D eigenvalue weighted by molar-refractivity contribution is 0.565. The van der Waals surface area contributed by atoms with Crippen LogP contribution in [0.2, 0.25) is 0 Å².